The van der Waals surface area contributed by atoms with Gasteiger partial charge in [-0.3, -0.25) is 0 Å². The van der Waals surface area contributed by atoms with Crippen molar-refractivity contribution in [1.29, 1.82) is 0 Å². The van der Waals surface area contributed by atoms with Crippen LogP contribution < -0.4 is 10.1 Å². The van der Waals surface area contributed by atoms with E-state index < -0.39 is 11.6 Å². The Balaban J connectivity index is 2.02. The van der Waals surface area contributed by atoms with Crippen molar-refractivity contribution >= 4 is 0 Å². The second-order valence-electron chi connectivity index (χ2n) is 5.18. The molecule has 1 N–H and O–H groups in total. The molecule has 0 aliphatic heterocycles. The fourth-order valence-electron chi connectivity index (χ4n) is 1.66. The molecule has 1 aromatic carbocycles. The molecule has 1 saturated carbocycles. The minimum absolute atomic E-state index is 0.241. The van der Waals surface area contributed by atoms with Crippen molar-refractivity contribution in [1.82, 2.24) is 5.32 Å². The van der Waals surface area contributed by atoms with Crippen molar-refractivity contribution in [2.24, 2.45) is 5.92 Å². The highest BCUT2D eigenvalue weighted by molar-refractivity contribution is 5.31. The fraction of sp³-hybridized carbons (Fsp3) is 0.571. The summed E-state index contributed by atoms with van der Waals surface area (Å²) in [5.74, 6) is -0.992. The average molecular weight is 255 g/mol. The van der Waals surface area contributed by atoms with Crippen LogP contribution in [0.3, 0.4) is 0 Å². The van der Waals surface area contributed by atoms with Crippen LogP contribution in [0.4, 0.5) is 8.78 Å². The van der Waals surface area contributed by atoms with Gasteiger partial charge in [-0.25, -0.2) is 8.78 Å². The molecule has 0 atom stereocenters. The minimum atomic E-state index is -0.615. The predicted octanol–water partition coefficient (Wildman–Crippen LogP) is 3.25. The molecule has 0 saturated heterocycles. The van der Waals surface area contributed by atoms with Gasteiger partial charge in [0.15, 0.2) is 17.4 Å². The molecule has 0 spiro atoms. The molecule has 1 aliphatic carbocycles. The van der Waals surface area contributed by atoms with Crippen LogP contribution in [0.15, 0.2) is 12.1 Å². The summed E-state index contributed by atoms with van der Waals surface area (Å²) < 4.78 is 32.6. The molecular formula is C14H19F2NO. The molecule has 100 valence electrons. The van der Waals surface area contributed by atoms with Gasteiger partial charge in [-0.1, -0.05) is 13.8 Å². The molecule has 0 radical (unpaired) electrons. The Bertz CT molecular complexity index is 393. The molecule has 0 aromatic heterocycles. The zero-order valence-electron chi connectivity index (χ0n) is 10.8. The highest BCUT2D eigenvalue weighted by Gasteiger charge is 2.23. The van der Waals surface area contributed by atoms with Crippen LogP contribution in [0.2, 0.25) is 0 Å². The molecule has 0 unspecified atom stereocenters. The number of hydrogen-bond acceptors (Lipinski definition) is 2. The number of hydrogen-bond donors (Lipinski definition) is 1. The summed E-state index contributed by atoms with van der Waals surface area (Å²) in [4.78, 5) is 0. The number of rotatable bonds is 6. The van der Waals surface area contributed by atoms with E-state index in [-0.39, 0.29) is 11.8 Å². The van der Waals surface area contributed by atoms with E-state index in [0.717, 1.165) is 12.8 Å². The van der Waals surface area contributed by atoms with Crippen molar-refractivity contribution in [3.05, 3.63) is 29.3 Å². The van der Waals surface area contributed by atoms with Crippen molar-refractivity contribution in [2.75, 3.05) is 6.61 Å². The summed E-state index contributed by atoms with van der Waals surface area (Å²) in [5, 5.41) is 3.12. The summed E-state index contributed by atoms with van der Waals surface area (Å²) in [5.41, 5.74) is 0.595. The zero-order chi connectivity index (χ0) is 13.1. The summed E-state index contributed by atoms with van der Waals surface area (Å²) in [6.07, 6.45) is 2.19. The SMILES string of the molecule is CC(C)NCc1cc(F)c(OCC2CC2)c(F)c1. The molecule has 1 aromatic rings. The van der Waals surface area contributed by atoms with Crippen LogP contribution in [-0.2, 0) is 6.54 Å². The van der Waals surface area contributed by atoms with Crippen molar-refractivity contribution in [2.45, 2.75) is 39.3 Å². The van der Waals surface area contributed by atoms with Crippen LogP contribution in [0.5, 0.6) is 5.75 Å². The molecule has 4 heteroatoms. The number of nitrogens with one attached hydrogen (secondary N) is 1. The van der Waals surface area contributed by atoms with Crippen LogP contribution in [0.25, 0.3) is 0 Å². The van der Waals surface area contributed by atoms with Crippen molar-refractivity contribution in [3.63, 3.8) is 0 Å². The Morgan fingerprint density at radius 1 is 1.28 bits per heavy atom. The largest absolute Gasteiger partial charge is 0.487 e. The molecule has 1 fully saturated rings. The first-order chi connectivity index (χ1) is 8.56. The average Bonchev–Trinajstić information content (AvgIpc) is 3.09. The second kappa shape index (κ2) is 5.65. The van der Waals surface area contributed by atoms with Gasteiger partial charge in [0, 0.05) is 12.6 Å². The Hall–Kier alpha value is -1.16. The van der Waals surface area contributed by atoms with Crippen molar-refractivity contribution in [3.8, 4) is 5.75 Å². The summed E-state index contributed by atoms with van der Waals surface area (Å²) in [6.45, 7) is 4.84. The molecule has 18 heavy (non-hydrogen) atoms. The monoisotopic (exact) mass is 255 g/mol. The quantitative estimate of drug-likeness (QED) is 0.842. The van der Waals surface area contributed by atoms with E-state index in [0.29, 0.717) is 24.6 Å². The Morgan fingerprint density at radius 3 is 2.39 bits per heavy atom. The minimum Gasteiger partial charge on any atom is -0.487 e. The molecule has 2 nitrogen and oxygen atoms in total. The van der Waals surface area contributed by atoms with Gasteiger partial charge < -0.3 is 10.1 Å². The standard InChI is InChI=1S/C14H19F2NO/c1-9(2)17-7-11-5-12(15)14(13(16)6-11)18-8-10-3-4-10/h5-6,9-10,17H,3-4,7-8H2,1-2H3. The van der Waals surface area contributed by atoms with Crippen LogP contribution in [0.1, 0.15) is 32.3 Å². The van der Waals surface area contributed by atoms with E-state index in [1.807, 2.05) is 13.8 Å². The first kappa shape index (κ1) is 13.3. The number of halogens is 2. The van der Waals surface area contributed by atoms with Gasteiger partial charge >= 0.3 is 0 Å². The van der Waals surface area contributed by atoms with Crippen molar-refractivity contribution < 1.29 is 13.5 Å². The highest BCUT2D eigenvalue weighted by Crippen LogP contribution is 2.31. The summed E-state index contributed by atoms with van der Waals surface area (Å²) >= 11 is 0. The van der Waals surface area contributed by atoms with Gasteiger partial charge in [-0.15, -0.1) is 0 Å². The summed E-state index contributed by atoms with van der Waals surface area (Å²) in [7, 11) is 0. The Kier molecular flexibility index (Phi) is 4.17. The van der Waals surface area contributed by atoms with E-state index >= 15 is 0 Å². The van der Waals surface area contributed by atoms with Crippen LogP contribution in [0, 0.1) is 17.6 Å². The van der Waals surface area contributed by atoms with E-state index in [4.69, 9.17) is 4.74 Å². The van der Waals surface area contributed by atoms with Gasteiger partial charge in [0.05, 0.1) is 6.61 Å². The Labute approximate surface area is 106 Å². The molecule has 0 amide bonds. The predicted molar refractivity (Wildman–Crippen MR) is 66.6 cm³/mol. The maximum atomic E-state index is 13.7. The van der Waals surface area contributed by atoms with Gasteiger partial charge in [0.1, 0.15) is 0 Å². The fourth-order valence-corrected chi connectivity index (χ4v) is 1.66. The lowest BCUT2D eigenvalue weighted by atomic mass is 10.2. The molecule has 2 rings (SSSR count). The van der Waals surface area contributed by atoms with E-state index in [9.17, 15) is 8.78 Å². The lowest BCUT2D eigenvalue weighted by molar-refractivity contribution is 0.270. The number of benzene rings is 1. The molecular weight excluding hydrogens is 236 g/mol. The van der Waals surface area contributed by atoms with E-state index in [1.54, 1.807) is 0 Å². The van der Waals surface area contributed by atoms with Crippen LogP contribution in [-0.4, -0.2) is 12.6 Å². The van der Waals surface area contributed by atoms with Gasteiger partial charge in [0.2, 0.25) is 0 Å². The van der Waals surface area contributed by atoms with Crippen LogP contribution >= 0.6 is 0 Å². The first-order valence-electron chi connectivity index (χ1n) is 6.40. The molecule has 1 aliphatic rings. The van der Waals surface area contributed by atoms with Gasteiger partial charge in [0.25, 0.3) is 0 Å². The third-order valence-corrected chi connectivity index (χ3v) is 2.93. The maximum absolute atomic E-state index is 13.7. The third kappa shape index (κ3) is 3.67. The zero-order valence-corrected chi connectivity index (χ0v) is 10.8. The first-order valence-corrected chi connectivity index (χ1v) is 6.40. The smallest absolute Gasteiger partial charge is 0.190 e. The van der Waals surface area contributed by atoms with E-state index in [1.165, 1.54) is 12.1 Å². The molecule has 0 bridgehead atoms. The normalized spacial score (nSPS) is 15.2. The van der Waals surface area contributed by atoms with Gasteiger partial charge in [-0.05, 0) is 36.5 Å². The van der Waals surface area contributed by atoms with E-state index in [2.05, 4.69) is 5.32 Å². The van der Waals surface area contributed by atoms with Gasteiger partial charge in [-0.2, -0.15) is 0 Å². The highest BCUT2D eigenvalue weighted by atomic mass is 19.1. The second-order valence-corrected chi connectivity index (χ2v) is 5.18. The maximum Gasteiger partial charge on any atom is 0.190 e. The Morgan fingerprint density at radius 2 is 1.89 bits per heavy atom. The lowest BCUT2D eigenvalue weighted by Gasteiger charge is -2.11. The molecule has 0 heterocycles. The third-order valence-electron chi connectivity index (χ3n) is 2.93. The summed E-state index contributed by atoms with van der Waals surface area (Å²) in [6, 6.07) is 2.95. The number of ether oxygens (including phenoxy) is 1. The topological polar surface area (TPSA) is 21.3 Å². The lowest BCUT2D eigenvalue weighted by Crippen LogP contribution is -2.22.